The van der Waals surface area contributed by atoms with Gasteiger partial charge in [0.15, 0.2) is 0 Å². The molecule has 0 saturated heterocycles. The predicted molar refractivity (Wildman–Crippen MR) is 75.5 cm³/mol. The van der Waals surface area contributed by atoms with E-state index >= 15 is 0 Å². The van der Waals surface area contributed by atoms with E-state index in [0.29, 0.717) is 11.6 Å². The van der Waals surface area contributed by atoms with Crippen LogP contribution in [0.5, 0.6) is 5.75 Å². The Morgan fingerprint density at radius 1 is 1.26 bits per heavy atom. The lowest BCUT2D eigenvalue weighted by Gasteiger charge is -2.08. The predicted octanol–water partition coefficient (Wildman–Crippen LogP) is 3.28. The van der Waals surface area contributed by atoms with Gasteiger partial charge < -0.3 is 10.4 Å². The SMILES string of the molecule is Cc1ccc(C(=O)NCc2ccccc2Cl)c(O)c1. The fourth-order valence-corrected chi connectivity index (χ4v) is 1.95. The summed E-state index contributed by atoms with van der Waals surface area (Å²) in [5.41, 5.74) is 2.00. The molecule has 2 N–H and O–H groups in total. The van der Waals surface area contributed by atoms with Crippen LogP contribution in [0.2, 0.25) is 5.02 Å². The number of amides is 1. The molecule has 2 rings (SSSR count). The molecule has 4 heteroatoms. The second kappa shape index (κ2) is 5.76. The fourth-order valence-electron chi connectivity index (χ4n) is 1.75. The minimum Gasteiger partial charge on any atom is -0.507 e. The number of rotatable bonds is 3. The van der Waals surface area contributed by atoms with Gasteiger partial charge in [0.25, 0.3) is 5.91 Å². The maximum absolute atomic E-state index is 11.9. The number of aromatic hydroxyl groups is 1. The highest BCUT2D eigenvalue weighted by molar-refractivity contribution is 6.31. The summed E-state index contributed by atoms with van der Waals surface area (Å²) in [6.07, 6.45) is 0. The maximum Gasteiger partial charge on any atom is 0.255 e. The minimum absolute atomic E-state index is 0.0170. The number of carbonyl (C=O) groups excluding carboxylic acids is 1. The average Bonchev–Trinajstić information content (AvgIpc) is 2.37. The van der Waals surface area contributed by atoms with E-state index in [1.807, 2.05) is 25.1 Å². The third-order valence-electron chi connectivity index (χ3n) is 2.80. The van der Waals surface area contributed by atoms with E-state index in [1.54, 1.807) is 24.3 Å². The standard InChI is InChI=1S/C15H14ClNO2/c1-10-6-7-12(14(18)8-10)15(19)17-9-11-4-2-3-5-13(11)16/h2-8,18H,9H2,1H3,(H,17,19). The Bertz CT molecular complexity index is 611. The topological polar surface area (TPSA) is 49.3 Å². The first kappa shape index (κ1) is 13.4. The summed E-state index contributed by atoms with van der Waals surface area (Å²) in [5, 5.41) is 13.1. The first-order valence-electron chi connectivity index (χ1n) is 5.89. The Morgan fingerprint density at radius 3 is 2.68 bits per heavy atom. The molecule has 0 aliphatic heterocycles. The van der Waals surface area contributed by atoms with Crippen LogP contribution in [0.25, 0.3) is 0 Å². The molecule has 0 spiro atoms. The molecule has 0 heterocycles. The molecule has 98 valence electrons. The number of nitrogens with one attached hydrogen (secondary N) is 1. The van der Waals surface area contributed by atoms with Gasteiger partial charge in [0, 0.05) is 11.6 Å². The number of aryl methyl sites for hydroxylation is 1. The largest absolute Gasteiger partial charge is 0.507 e. The first-order chi connectivity index (χ1) is 9.08. The number of hydrogen-bond donors (Lipinski definition) is 2. The quantitative estimate of drug-likeness (QED) is 0.903. The van der Waals surface area contributed by atoms with Crippen LogP contribution in [0.3, 0.4) is 0 Å². The van der Waals surface area contributed by atoms with E-state index in [4.69, 9.17) is 11.6 Å². The normalized spacial score (nSPS) is 10.2. The van der Waals surface area contributed by atoms with Crippen molar-refractivity contribution in [3.8, 4) is 5.75 Å². The van der Waals surface area contributed by atoms with Crippen LogP contribution in [0.1, 0.15) is 21.5 Å². The van der Waals surface area contributed by atoms with Crippen LogP contribution >= 0.6 is 11.6 Å². The lowest BCUT2D eigenvalue weighted by Crippen LogP contribution is -2.23. The summed E-state index contributed by atoms with van der Waals surface area (Å²) < 4.78 is 0. The molecule has 0 saturated carbocycles. The highest BCUT2D eigenvalue weighted by atomic mass is 35.5. The number of halogens is 1. The molecule has 0 fully saturated rings. The van der Waals surface area contributed by atoms with Gasteiger partial charge in [0.05, 0.1) is 5.56 Å². The van der Waals surface area contributed by atoms with Gasteiger partial charge in [0.1, 0.15) is 5.75 Å². The molecule has 0 aromatic heterocycles. The highest BCUT2D eigenvalue weighted by Gasteiger charge is 2.11. The Morgan fingerprint density at radius 2 is 2.00 bits per heavy atom. The van der Waals surface area contributed by atoms with E-state index < -0.39 is 0 Å². The Balaban J connectivity index is 2.08. The van der Waals surface area contributed by atoms with Crippen LogP contribution in [-0.4, -0.2) is 11.0 Å². The molecule has 3 nitrogen and oxygen atoms in total. The van der Waals surface area contributed by atoms with Crippen LogP contribution in [0.4, 0.5) is 0 Å². The second-order valence-electron chi connectivity index (χ2n) is 4.29. The van der Waals surface area contributed by atoms with Gasteiger partial charge in [-0.15, -0.1) is 0 Å². The zero-order valence-electron chi connectivity index (χ0n) is 10.5. The van der Waals surface area contributed by atoms with Crippen molar-refractivity contribution in [1.29, 1.82) is 0 Å². The molecule has 0 aliphatic carbocycles. The average molecular weight is 276 g/mol. The van der Waals surface area contributed by atoms with Crippen molar-refractivity contribution in [3.63, 3.8) is 0 Å². The van der Waals surface area contributed by atoms with Crippen LogP contribution in [-0.2, 0) is 6.54 Å². The second-order valence-corrected chi connectivity index (χ2v) is 4.70. The number of phenolic OH excluding ortho intramolecular Hbond substituents is 1. The molecule has 0 aliphatic rings. The summed E-state index contributed by atoms with van der Waals surface area (Å²) in [7, 11) is 0. The molecule has 1 amide bonds. The molecular formula is C15H14ClNO2. The Hall–Kier alpha value is -2.00. The van der Waals surface area contributed by atoms with E-state index in [9.17, 15) is 9.90 Å². The van der Waals surface area contributed by atoms with Crippen LogP contribution < -0.4 is 5.32 Å². The van der Waals surface area contributed by atoms with Gasteiger partial charge in [-0.25, -0.2) is 0 Å². The van der Waals surface area contributed by atoms with Gasteiger partial charge in [-0.1, -0.05) is 35.9 Å². The molecule has 0 bridgehead atoms. The molecule has 2 aromatic carbocycles. The Labute approximate surface area is 116 Å². The summed E-state index contributed by atoms with van der Waals surface area (Å²) in [4.78, 5) is 11.9. The van der Waals surface area contributed by atoms with Crippen molar-refractivity contribution >= 4 is 17.5 Å². The van der Waals surface area contributed by atoms with Crippen molar-refractivity contribution in [2.45, 2.75) is 13.5 Å². The number of hydrogen-bond acceptors (Lipinski definition) is 2. The van der Waals surface area contributed by atoms with Crippen LogP contribution in [0.15, 0.2) is 42.5 Å². The maximum atomic E-state index is 11.9. The molecular weight excluding hydrogens is 262 g/mol. The van der Waals surface area contributed by atoms with Gasteiger partial charge in [0.2, 0.25) is 0 Å². The lowest BCUT2D eigenvalue weighted by atomic mass is 10.1. The smallest absolute Gasteiger partial charge is 0.255 e. The summed E-state index contributed by atoms with van der Waals surface area (Å²) in [6, 6.07) is 12.3. The Kier molecular flexibility index (Phi) is 4.07. The van der Waals surface area contributed by atoms with Crippen molar-refractivity contribution in [3.05, 3.63) is 64.2 Å². The summed E-state index contributed by atoms with van der Waals surface area (Å²) >= 11 is 6.01. The molecule has 19 heavy (non-hydrogen) atoms. The van der Waals surface area contributed by atoms with Crippen molar-refractivity contribution in [2.75, 3.05) is 0 Å². The third-order valence-corrected chi connectivity index (χ3v) is 3.16. The van der Waals surface area contributed by atoms with Crippen molar-refractivity contribution < 1.29 is 9.90 Å². The minimum atomic E-state index is -0.322. The number of phenols is 1. The van der Waals surface area contributed by atoms with E-state index in [1.165, 1.54) is 0 Å². The van der Waals surface area contributed by atoms with Crippen molar-refractivity contribution in [2.24, 2.45) is 0 Å². The van der Waals surface area contributed by atoms with Gasteiger partial charge in [-0.05, 0) is 36.2 Å². The van der Waals surface area contributed by atoms with Crippen molar-refractivity contribution in [1.82, 2.24) is 5.32 Å². The highest BCUT2D eigenvalue weighted by Crippen LogP contribution is 2.19. The van der Waals surface area contributed by atoms with Gasteiger partial charge in [-0.3, -0.25) is 4.79 Å². The first-order valence-corrected chi connectivity index (χ1v) is 6.27. The third kappa shape index (κ3) is 3.26. The fraction of sp³-hybridized carbons (Fsp3) is 0.133. The number of benzene rings is 2. The molecule has 2 aromatic rings. The van der Waals surface area contributed by atoms with Gasteiger partial charge in [-0.2, -0.15) is 0 Å². The molecule has 0 atom stereocenters. The molecule has 0 radical (unpaired) electrons. The lowest BCUT2D eigenvalue weighted by molar-refractivity contribution is 0.0948. The summed E-state index contributed by atoms with van der Waals surface area (Å²) in [6.45, 7) is 2.18. The molecule has 0 unspecified atom stereocenters. The van der Waals surface area contributed by atoms with Crippen LogP contribution in [0, 0.1) is 6.92 Å². The number of carbonyl (C=O) groups is 1. The zero-order valence-corrected chi connectivity index (χ0v) is 11.2. The zero-order chi connectivity index (χ0) is 13.8. The van der Waals surface area contributed by atoms with E-state index in [-0.39, 0.29) is 17.2 Å². The summed E-state index contributed by atoms with van der Waals surface area (Å²) in [5.74, 6) is -0.339. The van der Waals surface area contributed by atoms with Gasteiger partial charge >= 0.3 is 0 Å². The monoisotopic (exact) mass is 275 g/mol. The van der Waals surface area contributed by atoms with E-state index in [0.717, 1.165) is 11.1 Å². The van der Waals surface area contributed by atoms with E-state index in [2.05, 4.69) is 5.32 Å².